The van der Waals surface area contributed by atoms with Crippen LogP contribution in [-0.2, 0) is 54.6 Å². The van der Waals surface area contributed by atoms with Gasteiger partial charge in [-0.3, -0.25) is 0 Å². The Hall–Kier alpha value is -1.51. The van der Waals surface area contributed by atoms with E-state index in [1.165, 1.54) is 7.11 Å². The minimum atomic E-state index is -2.52. The summed E-state index contributed by atoms with van der Waals surface area (Å²) in [5.74, 6) is -0.422. The van der Waals surface area contributed by atoms with E-state index < -0.39 is 54.4 Å². The molecule has 4 rings (SSSR count). The van der Waals surface area contributed by atoms with E-state index in [0.717, 1.165) is 11.1 Å². The number of carbonyl (C=O) groups is 1. The van der Waals surface area contributed by atoms with Crippen LogP contribution in [0.1, 0.15) is 65.5 Å². The van der Waals surface area contributed by atoms with E-state index in [-0.39, 0.29) is 36.5 Å². The molecule has 2 aromatic carbocycles. The Morgan fingerprint density at radius 1 is 0.837 bits per heavy atom. The van der Waals surface area contributed by atoms with Gasteiger partial charge in [0.25, 0.3) is 0 Å². The quantitative estimate of drug-likeness (QED) is 0.0657. The van der Waals surface area contributed by atoms with Crippen LogP contribution in [-0.4, -0.2) is 67.5 Å². The van der Waals surface area contributed by atoms with Crippen molar-refractivity contribution >= 4 is 31.2 Å². The highest BCUT2D eigenvalue weighted by Gasteiger charge is 2.64. The number of hydrogen-bond acceptors (Lipinski definition) is 9. The van der Waals surface area contributed by atoms with E-state index in [1.54, 1.807) is 0 Å². The van der Waals surface area contributed by atoms with E-state index in [9.17, 15) is 4.79 Å². The van der Waals surface area contributed by atoms with Crippen molar-refractivity contribution in [2.45, 2.75) is 122 Å². The zero-order valence-electron chi connectivity index (χ0n) is 31.5. The predicted octanol–water partition coefficient (Wildman–Crippen LogP) is 9.14. The smallest absolute Gasteiger partial charge is 0.337 e. The Kier molecular flexibility index (Phi) is 13.2. The molecule has 0 aromatic heterocycles. The first kappa shape index (κ1) is 40.3. The standard InChI is InChI=1S/C37H59O9PSi2/c1-34(2,3)48(8,9)45-32-31(41-28-40-23-29-18-14-12-15-19-29)22-37(33(38)39-7,46-49(10,11)35(4,5)6)25-36(32)26-43-47(44-27-36)42-24-30-20-16-13-17-21-30/h12-21,31-32H,22-28H2,1-11H3/t31-,32+,36?,37-,47?/m1/s1. The molecule has 1 heterocycles. The molecule has 1 saturated heterocycles. The van der Waals surface area contributed by atoms with Gasteiger partial charge in [0.15, 0.2) is 22.2 Å². The minimum absolute atomic E-state index is 0.0129. The van der Waals surface area contributed by atoms with E-state index in [2.05, 4.69) is 67.7 Å². The van der Waals surface area contributed by atoms with Gasteiger partial charge in [0, 0.05) is 11.8 Å². The predicted molar refractivity (Wildman–Crippen MR) is 198 cm³/mol. The van der Waals surface area contributed by atoms with Crippen molar-refractivity contribution in [2.75, 3.05) is 27.1 Å². The van der Waals surface area contributed by atoms with Gasteiger partial charge >= 0.3 is 14.6 Å². The first-order chi connectivity index (χ1) is 22.8. The Labute approximate surface area is 297 Å². The number of esters is 1. The van der Waals surface area contributed by atoms with Gasteiger partial charge in [-0.25, -0.2) is 4.79 Å². The molecular weight excluding hydrogens is 676 g/mol. The second-order valence-corrected chi connectivity index (χ2v) is 27.3. The van der Waals surface area contributed by atoms with Crippen molar-refractivity contribution in [3.8, 4) is 0 Å². The van der Waals surface area contributed by atoms with E-state index in [0.29, 0.717) is 19.6 Å². The summed E-state index contributed by atoms with van der Waals surface area (Å²) in [5, 5.41) is -0.247. The van der Waals surface area contributed by atoms with Crippen LogP contribution < -0.4 is 0 Å². The van der Waals surface area contributed by atoms with E-state index in [1.807, 2.05) is 60.7 Å². The monoisotopic (exact) mass is 734 g/mol. The topological polar surface area (TPSA) is 90.9 Å². The minimum Gasteiger partial charge on any atom is -0.467 e. The molecule has 0 N–H and O–H groups in total. The maximum atomic E-state index is 14.1. The molecule has 1 aliphatic heterocycles. The summed E-state index contributed by atoms with van der Waals surface area (Å²) < 4.78 is 51.7. The number of hydrogen-bond donors (Lipinski definition) is 0. The molecule has 3 atom stereocenters. The molecule has 1 spiro atoms. The highest BCUT2D eigenvalue weighted by atomic mass is 31.2. The Bertz CT molecular complexity index is 1340. The average Bonchev–Trinajstić information content (AvgIpc) is 3.03. The molecule has 2 fully saturated rings. The van der Waals surface area contributed by atoms with Crippen molar-refractivity contribution in [3.05, 3.63) is 71.8 Å². The normalized spacial score (nSPS) is 26.9. The third-order valence-electron chi connectivity index (χ3n) is 10.7. The fourth-order valence-electron chi connectivity index (χ4n) is 5.86. The maximum Gasteiger partial charge on any atom is 0.337 e. The number of carbonyl (C=O) groups excluding carboxylic acids is 1. The van der Waals surface area contributed by atoms with Crippen LogP contribution >= 0.6 is 8.60 Å². The van der Waals surface area contributed by atoms with Gasteiger partial charge in [-0.2, -0.15) is 0 Å². The summed E-state index contributed by atoms with van der Waals surface area (Å²) in [6.07, 6.45) is -0.503. The molecule has 0 bridgehead atoms. The van der Waals surface area contributed by atoms with Gasteiger partial charge in [0.05, 0.1) is 45.7 Å². The summed E-state index contributed by atoms with van der Waals surface area (Å²) in [5.41, 5.74) is -0.0370. The molecule has 12 heteroatoms. The lowest BCUT2D eigenvalue weighted by Gasteiger charge is -2.58. The van der Waals surface area contributed by atoms with Crippen molar-refractivity contribution in [3.63, 3.8) is 0 Å². The fraction of sp³-hybridized carbons (Fsp3) is 0.649. The van der Waals surface area contributed by atoms with E-state index >= 15 is 0 Å². The highest BCUT2D eigenvalue weighted by Crippen LogP contribution is 2.57. The largest absolute Gasteiger partial charge is 0.467 e. The number of ether oxygens (including phenoxy) is 3. The van der Waals surface area contributed by atoms with Crippen molar-refractivity contribution in [1.82, 2.24) is 0 Å². The molecule has 0 amide bonds. The summed E-state index contributed by atoms with van der Waals surface area (Å²) in [6.45, 7) is 23.2. The lowest BCUT2D eigenvalue weighted by atomic mass is 9.65. The summed E-state index contributed by atoms with van der Waals surface area (Å²) in [7, 11) is -5.11. The third-order valence-corrected chi connectivity index (χ3v) is 20.7. The van der Waals surface area contributed by atoms with Gasteiger partial charge in [-0.1, -0.05) is 102 Å². The summed E-state index contributed by atoms with van der Waals surface area (Å²) >= 11 is 0. The lowest BCUT2D eigenvalue weighted by molar-refractivity contribution is -0.228. The summed E-state index contributed by atoms with van der Waals surface area (Å²) in [4.78, 5) is 14.1. The van der Waals surface area contributed by atoms with Crippen molar-refractivity contribution in [2.24, 2.45) is 5.41 Å². The second kappa shape index (κ2) is 16.0. The van der Waals surface area contributed by atoms with Crippen molar-refractivity contribution in [1.29, 1.82) is 0 Å². The molecule has 1 aliphatic carbocycles. The first-order valence-corrected chi connectivity index (χ1v) is 24.2. The molecule has 9 nitrogen and oxygen atoms in total. The zero-order chi connectivity index (χ0) is 36.1. The van der Waals surface area contributed by atoms with Crippen LogP contribution in [0.25, 0.3) is 0 Å². The van der Waals surface area contributed by atoms with Crippen LogP contribution in [0.5, 0.6) is 0 Å². The highest BCUT2D eigenvalue weighted by molar-refractivity contribution is 7.41. The zero-order valence-corrected chi connectivity index (χ0v) is 34.4. The first-order valence-electron chi connectivity index (χ1n) is 17.3. The third kappa shape index (κ3) is 9.89. The van der Waals surface area contributed by atoms with Crippen LogP contribution in [0.2, 0.25) is 36.3 Å². The Balaban J connectivity index is 1.71. The molecule has 2 aromatic rings. The van der Waals surface area contributed by atoms with Crippen LogP contribution in [0.15, 0.2) is 60.7 Å². The second-order valence-electron chi connectivity index (χ2n) is 16.6. The summed E-state index contributed by atoms with van der Waals surface area (Å²) in [6, 6.07) is 19.9. The lowest BCUT2D eigenvalue weighted by Crippen LogP contribution is -2.68. The molecule has 49 heavy (non-hydrogen) atoms. The van der Waals surface area contributed by atoms with Crippen LogP contribution in [0.3, 0.4) is 0 Å². The SMILES string of the molecule is COC(=O)[C@@]1(O[Si](C)(C)C(C)(C)C)C[C@@H](OCOCc2ccccc2)[C@H](O[Si](C)(C)C(C)(C)C)C2(COP(OCc3ccccc3)OC2)C1. The molecular formula is C37H59O9PSi2. The van der Waals surface area contributed by atoms with Crippen LogP contribution in [0.4, 0.5) is 0 Å². The molecule has 2 aliphatic rings. The van der Waals surface area contributed by atoms with Gasteiger partial charge < -0.3 is 36.6 Å². The molecule has 0 radical (unpaired) electrons. The fourth-order valence-corrected chi connectivity index (χ4v) is 9.98. The van der Waals surface area contributed by atoms with Crippen LogP contribution in [0, 0.1) is 5.41 Å². The van der Waals surface area contributed by atoms with Gasteiger partial charge in [0.2, 0.25) is 0 Å². The molecule has 0 unspecified atom stereocenters. The molecule has 1 saturated carbocycles. The van der Waals surface area contributed by atoms with Crippen molar-refractivity contribution < 1.29 is 41.4 Å². The number of benzene rings is 2. The Morgan fingerprint density at radius 3 is 1.88 bits per heavy atom. The van der Waals surface area contributed by atoms with Gasteiger partial charge in [-0.15, -0.1) is 0 Å². The average molecular weight is 735 g/mol. The number of rotatable bonds is 13. The van der Waals surface area contributed by atoms with Gasteiger partial charge in [0.1, 0.15) is 6.79 Å². The Morgan fingerprint density at radius 2 is 1.37 bits per heavy atom. The molecule has 274 valence electrons. The number of methoxy groups -OCH3 is 1. The van der Waals surface area contributed by atoms with E-state index in [4.69, 9.17) is 36.6 Å². The van der Waals surface area contributed by atoms with Gasteiger partial charge in [-0.05, 0) is 53.8 Å². The maximum absolute atomic E-state index is 14.1.